The summed E-state index contributed by atoms with van der Waals surface area (Å²) in [7, 11) is 0. The molecule has 1 fully saturated rings. The lowest BCUT2D eigenvalue weighted by atomic mass is 10.2. The molecule has 2 rings (SSSR count). The van der Waals surface area contributed by atoms with Crippen LogP contribution in [0.1, 0.15) is 18.4 Å². The van der Waals surface area contributed by atoms with Gasteiger partial charge in [-0.25, -0.2) is 0 Å². The zero-order valence-electron chi connectivity index (χ0n) is 9.43. The van der Waals surface area contributed by atoms with Gasteiger partial charge in [0.05, 0.1) is 6.04 Å². The highest BCUT2D eigenvalue weighted by Crippen LogP contribution is 2.25. The van der Waals surface area contributed by atoms with Crippen molar-refractivity contribution in [1.29, 1.82) is 0 Å². The number of nitrogens with zero attached hydrogens (tertiary/aromatic N) is 2. The molecule has 0 spiro atoms. The molecule has 1 aromatic rings. The lowest BCUT2D eigenvalue weighted by molar-refractivity contribution is -0.482. The zero-order valence-corrected chi connectivity index (χ0v) is 9.43. The SMILES string of the molecule is Cc1ccc(N2CCCC2C[N+](=O)[O-])cc1. The van der Waals surface area contributed by atoms with Gasteiger partial charge in [0.1, 0.15) is 0 Å². The molecule has 16 heavy (non-hydrogen) atoms. The molecule has 0 N–H and O–H groups in total. The van der Waals surface area contributed by atoms with Crippen molar-refractivity contribution in [3.8, 4) is 0 Å². The van der Waals surface area contributed by atoms with E-state index in [0.29, 0.717) is 0 Å². The van der Waals surface area contributed by atoms with Crippen molar-refractivity contribution in [3.63, 3.8) is 0 Å². The number of hydrogen-bond acceptors (Lipinski definition) is 3. The molecule has 4 nitrogen and oxygen atoms in total. The maximum atomic E-state index is 10.6. The van der Waals surface area contributed by atoms with Crippen LogP contribution in [-0.2, 0) is 0 Å². The minimum Gasteiger partial charge on any atom is -0.362 e. The fourth-order valence-electron chi connectivity index (χ4n) is 2.27. The van der Waals surface area contributed by atoms with Crippen molar-refractivity contribution >= 4 is 5.69 Å². The molecule has 1 aliphatic heterocycles. The van der Waals surface area contributed by atoms with Gasteiger partial charge in [-0.2, -0.15) is 0 Å². The van der Waals surface area contributed by atoms with Gasteiger partial charge in [0.15, 0.2) is 0 Å². The minimum atomic E-state index is -0.211. The largest absolute Gasteiger partial charge is 0.362 e. The van der Waals surface area contributed by atoms with Gasteiger partial charge < -0.3 is 4.90 Å². The fraction of sp³-hybridized carbons (Fsp3) is 0.500. The summed E-state index contributed by atoms with van der Waals surface area (Å²) in [6, 6.07) is 8.27. The third-order valence-electron chi connectivity index (χ3n) is 3.10. The fourth-order valence-corrected chi connectivity index (χ4v) is 2.27. The van der Waals surface area contributed by atoms with E-state index in [-0.39, 0.29) is 17.5 Å². The first kappa shape index (κ1) is 10.9. The Balaban J connectivity index is 2.13. The van der Waals surface area contributed by atoms with Crippen molar-refractivity contribution in [2.75, 3.05) is 18.0 Å². The Kier molecular flexibility index (Phi) is 3.08. The van der Waals surface area contributed by atoms with E-state index in [1.54, 1.807) is 0 Å². The van der Waals surface area contributed by atoms with Crippen LogP contribution in [0.25, 0.3) is 0 Å². The molecule has 0 aliphatic carbocycles. The summed E-state index contributed by atoms with van der Waals surface area (Å²) in [5, 5.41) is 10.6. The summed E-state index contributed by atoms with van der Waals surface area (Å²) >= 11 is 0. The van der Waals surface area contributed by atoms with Crippen molar-refractivity contribution in [2.24, 2.45) is 0 Å². The molecule has 1 atom stereocenters. The quantitative estimate of drug-likeness (QED) is 0.579. The van der Waals surface area contributed by atoms with Crippen LogP contribution in [0.15, 0.2) is 24.3 Å². The smallest absolute Gasteiger partial charge is 0.223 e. The number of hydrogen-bond donors (Lipinski definition) is 0. The van der Waals surface area contributed by atoms with Crippen LogP contribution in [0.2, 0.25) is 0 Å². The molecule has 4 heteroatoms. The summed E-state index contributed by atoms with van der Waals surface area (Å²) in [5.74, 6) is 0. The van der Waals surface area contributed by atoms with E-state index in [0.717, 1.165) is 25.1 Å². The maximum absolute atomic E-state index is 10.6. The molecule has 1 aromatic carbocycles. The molecule has 1 aliphatic rings. The molecule has 1 heterocycles. The van der Waals surface area contributed by atoms with Gasteiger partial charge in [-0.3, -0.25) is 10.1 Å². The first-order valence-corrected chi connectivity index (χ1v) is 5.62. The Morgan fingerprint density at radius 3 is 2.75 bits per heavy atom. The number of aryl methyl sites for hydroxylation is 1. The second kappa shape index (κ2) is 4.51. The maximum Gasteiger partial charge on any atom is 0.223 e. The van der Waals surface area contributed by atoms with Crippen molar-refractivity contribution in [3.05, 3.63) is 39.9 Å². The zero-order chi connectivity index (χ0) is 11.5. The van der Waals surface area contributed by atoms with Gasteiger partial charge >= 0.3 is 0 Å². The summed E-state index contributed by atoms with van der Waals surface area (Å²) in [6.07, 6.45) is 1.97. The topological polar surface area (TPSA) is 46.4 Å². The summed E-state index contributed by atoms with van der Waals surface area (Å²) < 4.78 is 0. The van der Waals surface area contributed by atoms with Crippen LogP contribution in [0, 0.1) is 17.0 Å². The second-order valence-electron chi connectivity index (χ2n) is 4.34. The van der Waals surface area contributed by atoms with Gasteiger partial charge in [0.2, 0.25) is 6.54 Å². The van der Waals surface area contributed by atoms with E-state index >= 15 is 0 Å². The Bertz CT molecular complexity index is 375. The molecule has 0 bridgehead atoms. The van der Waals surface area contributed by atoms with E-state index < -0.39 is 0 Å². The van der Waals surface area contributed by atoms with Crippen LogP contribution >= 0.6 is 0 Å². The standard InChI is InChI=1S/C12H16N2O2/c1-10-4-6-11(7-5-10)13-8-2-3-12(13)9-14(15)16/h4-7,12H,2-3,8-9H2,1H3. The molecule has 0 aromatic heterocycles. The molecule has 1 unspecified atom stereocenters. The summed E-state index contributed by atoms with van der Waals surface area (Å²) in [6.45, 7) is 3.03. The second-order valence-corrected chi connectivity index (χ2v) is 4.34. The van der Waals surface area contributed by atoms with Crippen LogP contribution in [0.5, 0.6) is 0 Å². The lowest BCUT2D eigenvalue weighted by Gasteiger charge is -2.24. The number of benzene rings is 1. The average Bonchev–Trinajstić information content (AvgIpc) is 2.66. The molecule has 86 valence electrons. The number of rotatable bonds is 3. The predicted molar refractivity (Wildman–Crippen MR) is 63.4 cm³/mol. The Labute approximate surface area is 95.0 Å². The van der Waals surface area contributed by atoms with Crippen LogP contribution in [0.3, 0.4) is 0 Å². The van der Waals surface area contributed by atoms with E-state index in [1.165, 1.54) is 5.56 Å². The highest BCUT2D eigenvalue weighted by atomic mass is 16.6. The van der Waals surface area contributed by atoms with Gasteiger partial charge in [0, 0.05) is 17.2 Å². The lowest BCUT2D eigenvalue weighted by Crippen LogP contribution is -2.34. The first-order chi connectivity index (χ1) is 7.66. The van der Waals surface area contributed by atoms with E-state index in [1.807, 2.05) is 19.1 Å². The highest BCUT2D eigenvalue weighted by Gasteiger charge is 2.28. The van der Waals surface area contributed by atoms with Crippen LogP contribution in [0.4, 0.5) is 5.69 Å². The van der Waals surface area contributed by atoms with Crippen LogP contribution in [-0.4, -0.2) is 24.1 Å². The summed E-state index contributed by atoms with van der Waals surface area (Å²) in [4.78, 5) is 12.5. The Hall–Kier alpha value is -1.58. The van der Waals surface area contributed by atoms with Gasteiger partial charge in [-0.05, 0) is 31.9 Å². The molecule has 0 radical (unpaired) electrons. The highest BCUT2D eigenvalue weighted by molar-refractivity contribution is 5.49. The van der Waals surface area contributed by atoms with Crippen molar-refractivity contribution < 1.29 is 4.92 Å². The van der Waals surface area contributed by atoms with E-state index in [4.69, 9.17) is 0 Å². The third-order valence-corrected chi connectivity index (χ3v) is 3.10. The van der Waals surface area contributed by atoms with E-state index in [9.17, 15) is 10.1 Å². The molecule has 0 amide bonds. The average molecular weight is 220 g/mol. The monoisotopic (exact) mass is 220 g/mol. The van der Waals surface area contributed by atoms with Crippen molar-refractivity contribution in [1.82, 2.24) is 0 Å². The molecule has 0 saturated carbocycles. The minimum absolute atomic E-state index is 0.0495. The van der Waals surface area contributed by atoms with Crippen LogP contribution < -0.4 is 4.90 Å². The molecule has 1 saturated heterocycles. The normalized spacial score (nSPS) is 20.1. The van der Waals surface area contributed by atoms with Gasteiger partial charge in [0.25, 0.3) is 0 Å². The third kappa shape index (κ3) is 2.32. The Morgan fingerprint density at radius 2 is 2.12 bits per heavy atom. The molecular formula is C12H16N2O2. The summed E-state index contributed by atoms with van der Waals surface area (Å²) in [5.41, 5.74) is 2.32. The van der Waals surface area contributed by atoms with Gasteiger partial charge in [-0.15, -0.1) is 0 Å². The first-order valence-electron chi connectivity index (χ1n) is 5.62. The van der Waals surface area contributed by atoms with Crippen molar-refractivity contribution in [2.45, 2.75) is 25.8 Å². The van der Waals surface area contributed by atoms with E-state index in [2.05, 4.69) is 17.0 Å². The molecular weight excluding hydrogens is 204 g/mol. The van der Waals surface area contributed by atoms with Gasteiger partial charge in [-0.1, -0.05) is 17.7 Å². The number of nitro groups is 1. The number of anilines is 1. The predicted octanol–water partition coefficient (Wildman–Crippen LogP) is 2.24. The Morgan fingerprint density at radius 1 is 1.44 bits per heavy atom.